The van der Waals surface area contributed by atoms with E-state index in [1.54, 1.807) is 18.2 Å². The topological polar surface area (TPSA) is 46.2 Å². The van der Waals surface area contributed by atoms with Gasteiger partial charge < -0.3 is 10.8 Å². The summed E-state index contributed by atoms with van der Waals surface area (Å²) in [6.07, 6.45) is 2.16. The number of rotatable bonds is 5. The zero-order valence-corrected chi connectivity index (χ0v) is 9.84. The molecule has 2 rings (SSSR count). The average molecular weight is 241 g/mol. The Hall–Kier alpha value is -0.580. The van der Waals surface area contributed by atoms with E-state index in [0.717, 1.165) is 12.8 Å². The molecule has 16 heavy (non-hydrogen) atoms. The standard InChI is InChI=1S/C12H16FNOS/c13-10-3-1-2-4-11(10)16-8-12(14,7-15)9-5-6-9/h1-4,9,15H,5-8,14H2. The third kappa shape index (κ3) is 2.56. The second-order valence-electron chi connectivity index (χ2n) is 4.38. The monoisotopic (exact) mass is 241 g/mol. The van der Waals surface area contributed by atoms with Crippen LogP contribution >= 0.6 is 11.8 Å². The molecule has 1 aromatic rings. The Morgan fingerprint density at radius 3 is 2.69 bits per heavy atom. The van der Waals surface area contributed by atoms with Crippen LogP contribution < -0.4 is 5.73 Å². The van der Waals surface area contributed by atoms with Gasteiger partial charge in [0, 0.05) is 10.6 Å². The molecule has 0 saturated heterocycles. The molecule has 3 N–H and O–H groups in total. The smallest absolute Gasteiger partial charge is 0.136 e. The fourth-order valence-corrected chi connectivity index (χ4v) is 2.86. The van der Waals surface area contributed by atoms with E-state index in [1.165, 1.54) is 17.8 Å². The van der Waals surface area contributed by atoms with Gasteiger partial charge in [-0.05, 0) is 30.9 Å². The van der Waals surface area contributed by atoms with E-state index in [9.17, 15) is 9.50 Å². The molecule has 0 aromatic heterocycles. The number of aliphatic hydroxyl groups is 1. The molecule has 0 amide bonds. The molecule has 0 bridgehead atoms. The summed E-state index contributed by atoms with van der Waals surface area (Å²) in [5, 5.41) is 9.31. The number of nitrogens with two attached hydrogens (primary N) is 1. The highest BCUT2D eigenvalue weighted by atomic mass is 32.2. The van der Waals surface area contributed by atoms with Gasteiger partial charge in [-0.15, -0.1) is 11.8 Å². The summed E-state index contributed by atoms with van der Waals surface area (Å²) in [5.41, 5.74) is 5.56. The van der Waals surface area contributed by atoms with E-state index in [0.29, 0.717) is 16.6 Å². The number of hydrogen-bond donors (Lipinski definition) is 2. The molecule has 4 heteroatoms. The number of aliphatic hydroxyl groups excluding tert-OH is 1. The average Bonchev–Trinajstić information content (AvgIpc) is 3.12. The largest absolute Gasteiger partial charge is 0.394 e. The summed E-state index contributed by atoms with van der Waals surface area (Å²) in [4.78, 5) is 0.603. The van der Waals surface area contributed by atoms with Gasteiger partial charge in [-0.3, -0.25) is 0 Å². The van der Waals surface area contributed by atoms with Crippen molar-refractivity contribution in [1.29, 1.82) is 0 Å². The molecule has 1 fully saturated rings. The SMILES string of the molecule is NC(CO)(CSc1ccccc1F)C1CC1. The van der Waals surface area contributed by atoms with Gasteiger partial charge in [0.2, 0.25) is 0 Å². The first-order chi connectivity index (χ1) is 7.65. The van der Waals surface area contributed by atoms with Crippen LogP contribution in [0.1, 0.15) is 12.8 Å². The van der Waals surface area contributed by atoms with Crippen molar-refractivity contribution in [3.8, 4) is 0 Å². The van der Waals surface area contributed by atoms with E-state index >= 15 is 0 Å². The maximum Gasteiger partial charge on any atom is 0.136 e. The zero-order chi connectivity index (χ0) is 11.6. The maximum atomic E-state index is 13.4. The van der Waals surface area contributed by atoms with Gasteiger partial charge in [-0.2, -0.15) is 0 Å². The van der Waals surface area contributed by atoms with Crippen molar-refractivity contribution >= 4 is 11.8 Å². The molecule has 1 aromatic carbocycles. The Labute approximate surface area is 99.0 Å². The van der Waals surface area contributed by atoms with Gasteiger partial charge in [-0.25, -0.2) is 4.39 Å². The predicted octanol–water partition coefficient (Wildman–Crippen LogP) is 2.02. The second kappa shape index (κ2) is 4.73. The lowest BCUT2D eigenvalue weighted by Gasteiger charge is -2.26. The molecule has 0 aliphatic heterocycles. The molecule has 0 radical (unpaired) electrons. The minimum absolute atomic E-state index is 0.0287. The normalized spacial score (nSPS) is 19.4. The lowest BCUT2D eigenvalue weighted by atomic mass is 9.99. The summed E-state index contributed by atoms with van der Waals surface area (Å²) < 4.78 is 13.4. The lowest BCUT2D eigenvalue weighted by Crippen LogP contribution is -2.48. The maximum absolute atomic E-state index is 13.4. The minimum atomic E-state index is -0.549. The highest BCUT2D eigenvalue weighted by Gasteiger charge is 2.41. The molecule has 0 spiro atoms. The molecule has 0 heterocycles. The summed E-state index contributed by atoms with van der Waals surface area (Å²) in [7, 11) is 0. The first-order valence-corrected chi connectivity index (χ1v) is 6.41. The fourth-order valence-electron chi connectivity index (χ4n) is 1.72. The number of benzene rings is 1. The third-order valence-corrected chi connectivity index (χ3v) is 4.34. The summed E-state index contributed by atoms with van der Waals surface area (Å²) in [6, 6.07) is 6.66. The Bertz CT molecular complexity index is 370. The number of hydrogen-bond acceptors (Lipinski definition) is 3. The minimum Gasteiger partial charge on any atom is -0.394 e. The Balaban J connectivity index is 1.98. The molecule has 1 atom stereocenters. The molecule has 1 aliphatic rings. The van der Waals surface area contributed by atoms with Crippen LogP contribution in [0.3, 0.4) is 0 Å². The molecule has 88 valence electrons. The molecule has 2 nitrogen and oxygen atoms in total. The van der Waals surface area contributed by atoms with Gasteiger partial charge in [0.1, 0.15) is 5.82 Å². The lowest BCUT2D eigenvalue weighted by molar-refractivity contribution is 0.194. The van der Waals surface area contributed by atoms with Crippen molar-refractivity contribution in [2.24, 2.45) is 11.7 Å². The summed E-state index contributed by atoms with van der Waals surface area (Å²) >= 11 is 1.39. The molecular weight excluding hydrogens is 225 g/mol. The second-order valence-corrected chi connectivity index (χ2v) is 5.40. The van der Waals surface area contributed by atoms with Crippen LogP contribution in [-0.4, -0.2) is 23.0 Å². The van der Waals surface area contributed by atoms with Crippen molar-refractivity contribution in [2.75, 3.05) is 12.4 Å². The van der Waals surface area contributed by atoms with Crippen LogP contribution in [0, 0.1) is 11.7 Å². The summed E-state index contributed by atoms with van der Waals surface area (Å²) in [6.45, 7) is -0.0287. The molecule has 1 aliphatic carbocycles. The Morgan fingerprint density at radius 1 is 1.44 bits per heavy atom. The first-order valence-electron chi connectivity index (χ1n) is 5.43. The van der Waals surface area contributed by atoms with Crippen molar-refractivity contribution in [3.05, 3.63) is 30.1 Å². The Morgan fingerprint density at radius 2 is 2.12 bits per heavy atom. The van der Waals surface area contributed by atoms with E-state index < -0.39 is 5.54 Å². The van der Waals surface area contributed by atoms with E-state index in [4.69, 9.17) is 5.73 Å². The van der Waals surface area contributed by atoms with Gasteiger partial charge in [0.15, 0.2) is 0 Å². The van der Waals surface area contributed by atoms with E-state index in [2.05, 4.69) is 0 Å². The molecular formula is C12H16FNOS. The highest BCUT2D eigenvalue weighted by molar-refractivity contribution is 7.99. The van der Waals surface area contributed by atoms with Crippen molar-refractivity contribution in [1.82, 2.24) is 0 Å². The third-order valence-electron chi connectivity index (χ3n) is 3.02. The van der Waals surface area contributed by atoms with Crippen LogP contribution in [0.2, 0.25) is 0 Å². The van der Waals surface area contributed by atoms with Gasteiger partial charge in [0.05, 0.1) is 12.1 Å². The first kappa shape index (κ1) is 11.9. The number of thioether (sulfide) groups is 1. The van der Waals surface area contributed by atoms with Crippen LogP contribution in [0.15, 0.2) is 29.2 Å². The van der Waals surface area contributed by atoms with E-state index in [1.807, 2.05) is 0 Å². The van der Waals surface area contributed by atoms with Crippen LogP contribution in [0.25, 0.3) is 0 Å². The van der Waals surface area contributed by atoms with Crippen molar-refractivity contribution in [2.45, 2.75) is 23.3 Å². The van der Waals surface area contributed by atoms with Gasteiger partial charge >= 0.3 is 0 Å². The quantitative estimate of drug-likeness (QED) is 0.775. The fraction of sp³-hybridized carbons (Fsp3) is 0.500. The van der Waals surface area contributed by atoms with Crippen LogP contribution in [0.5, 0.6) is 0 Å². The van der Waals surface area contributed by atoms with Crippen molar-refractivity contribution in [3.63, 3.8) is 0 Å². The summed E-state index contributed by atoms with van der Waals surface area (Å²) in [5.74, 6) is 0.745. The Kier molecular flexibility index (Phi) is 3.52. The van der Waals surface area contributed by atoms with Gasteiger partial charge in [0.25, 0.3) is 0 Å². The van der Waals surface area contributed by atoms with Crippen LogP contribution in [0.4, 0.5) is 4.39 Å². The van der Waals surface area contributed by atoms with Gasteiger partial charge in [-0.1, -0.05) is 12.1 Å². The van der Waals surface area contributed by atoms with E-state index in [-0.39, 0.29) is 12.4 Å². The number of halogens is 1. The predicted molar refractivity (Wildman–Crippen MR) is 63.9 cm³/mol. The van der Waals surface area contributed by atoms with Crippen molar-refractivity contribution < 1.29 is 9.50 Å². The highest BCUT2D eigenvalue weighted by Crippen LogP contribution is 2.40. The molecule has 1 saturated carbocycles. The van der Waals surface area contributed by atoms with Crippen LogP contribution in [-0.2, 0) is 0 Å². The zero-order valence-electron chi connectivity index (χ0n) is 9.03. The molecule has 1 unspecified atom stereocenters.